The molecule has 176 valence electrons. The number of rotatable bonds is 8. The number of amides is 1. The van der Waals surface area contributed by atoms with Crippen molar-refractivity contribution >= 4 is 23.3 Å². The Morgan fingerprint density at radius 1 is 1.06 bits per heavy atom. The summed E-state index contributed by atoms with van der Waals surface area (Å²) in [6.45, 7) is 2.63. The zero-order chi connectivity index (χ0) is 24.0. The number of nitrogens with zero attached hydrogens (tertiary/aromatic N) is 2. The zero-order valence-electron chi connectivity index (χ0n) is 18.7. The smallest absolute Gasteiger partial charge is 0.306 e. The summed E-state index contributed by atoms with van der Waals surface area (Å²) >= 11 is 0. The number of benzene rings is 2. The molecule has 3 rings (SSSR count). The first kappa shape index (κ1) is 24.0. The molecule has 1 fully saturated rings. The highest BCUT2D eigenvalue weighted by molar-refractivity contribution is 5.94. The third-order valence-electron chi connectivity index (χ3n) is 5.54. The van der Waals surface area contributed by atoms with Gasteiger partial charge in [0.05, 0.1) is 12.8 Å². The number of anilines is 1. The number of aromatic hydroxyl groups is 1. The Bertz CT molecular complexity index is 1030. The van der Waals surface area contributed by atoms with E-state index in [-0.39, 0.29) is 30.5 Å². The van der Waals surface area contributed by atoms with E-state index in [1.807, 2.05) is 4.90 Å². The van der Waals surface area contributed by atoms with E-state index < -0.39 is 11.8 Å². The SMILES string of the molecule is COc1ccc(CCC(=O)OCC(=O)N2CCN(c3ccc(C(C)=O)cc3F)CC2)cc1O. The largest absolute Gasteiger partial charge is 0.504 e. The van der Waals surface area contributed by atoms with Crippen LogP contribution in [0.15, 0.2) is 36.4 Å². The number of carbonyl (C=O) groups excluding carboxylic acids is 3. The molecule has 8 nitrogen and oxygen atoms in total. The first-order chi connectivity index (χ1) is 15.8. The van der Waals surface area contributed by atoms with Crippen LogP contribution in [0.25, 0.3) is 0 Å². The van der Waals surface area contributed by atoms with Crippen LogP contribution in [0.2, 0.25) is 0 Å². The topological polar surface area (TPSA) is 96.4 Å². The molecule has 0 saturated carbocycles. The Morgan fingerprint density at radius 3 is 2.39 bits per heavy atom. The predicted octanol–water partition coefficient (Wildman–Crippen LogP) is 2.57. The molecule has 2 aromatic carbocycles. The normalized spacial score (nSPS) is 13.5. The van der Waals surface area contributed by atoms with Crippen molar-refractivity contribution in [1.29, 1.82) is 0 Å². The van der Waals surface area contributed by atoms with Gasteiger partial charge in [0.25, 0.3) is 5.91 Å². The standard InChI is InChI=1S/C24H27FN2O6/c1-16(28)18-5-6-20(19(25)14-18)26-9-11-27(12-10-26)23(30)15-33-24(31)8-4-17-3-7-22(32-2)21(29)13-17/h3,5-7,13-14,29H,4,8-12,15H2,1-2H3. The number of phenolic OH excluding ortho intramolecular Hbond substituents is 1. The van der Waals surface area contributed by atoms with Crippen molar-refractivity contribution in [2.75, 3.05) is 44.8 Å². The third-order valence-corrected chi connectivity index (χ3v) is 5.54. The molecule has 1 N–H and O–H groups in total. The van der Waals surface area contributed by atoms with E-state index in [0.717, 1.165) is 5.56 Å². The van der Waals surface area contributed by atoms with E-state index in [4.69, 9.17) is 9.47 Å². The molecule has 2 aromatic rings. The zero-order valence-corrected chi connectivity index (χ0v) is 18.7. The summed E-state index contributed by atoms with van der Waals surface area (Å²) in [6, 6.07) is 9.27. The number of hydrogen-bond donors (Lipinski definition) is 1. The second kappa shape index (κ2) is 10.8. The summed E-state index contributed by atoms with van der Waals surface area (Å²) in [5, 5.41) is 9.79. The van der Waals surface area contributed by atoms with Gasteiger partial charge in [-0.05, 0) is 49.2 Å². The second-order valence-electron chi connectivity index (χ2n) is 7.76. The van der Waals surface area contributed by atoms with Crippen molar-refractivity contribution in [3.05, 3.63) is 53.3 Å². The molecular formula is C24H27FN2O6. The average Bonchev–Trinajstić information content (AvgIpc) is 2.81. The maximum absolute atomic E-state index is 14.4. The molecule has 9 heteroatoms. The summed E-state index contributed by atoms with van der Waals surface area (Å²) in [4.78, 5) is 39.2. The monoisotopic (exact) mass is 458 g/mol. The third kappa shape index (κ3) is 6.21. The summed E-state index contributed by atoms with van der Waals surface area (Å²) in [5.74, 6) is -1.15. The van der Waals surface area contributed by atoms with E-state index in [9.17, 15) is 23.9 Å². The highest BCUT2D eigenvalue weighted by atomic mass is 19.1. The number of phenols is 1. The van der Waals surface area contributed by atoms with Gasteiger partial charge in [-0.25, -0.2) is 4.39 Å². The molecule has 1 heterocycles. The van der Waals surface area contributed by atoms with Crippen molar-refractivity contribution in [3.63, 3.8) is 0 Å². The van der Waals surface area contributed by atoms with Crippen molar-refractivity contribution < 1.29 is 33.4 Å². The van der Waals surface area contributed by atoms with E-state index in [1.54, 1.807) is 29.2 Å². The Labute approximate surface area is 191 Å². The van der Waals surface area contributed by atoms with Crippen LogP contribution in [0.4, 0.5) is 10.1 Å². The van der Waals surface area contributed by atoms with Gasteiger partial charge in [0.15, 0.2) is 23.9 Å². The van der Waals surface area contributed by atoms with E-state index in [2.05, 4.69) is 0 Å². The quantitative estimate of drug-likeness (QED) is 0.480. The van der Waals surface area contributed by atoms with Crippen LogP contribution in [-0.2, 0) is 20.7 Å². The lowest BCUT2D eigenvalue weighted by Crippen LogP contribution is -2.50. The van der Waals surface area contributed by atoms with Gasteiger partial charge < -0.3 is 24.4 Å². The number of ketones is 1. The van der Waals surface area contributed by atoms with Crippen LogP contribution >= 0.6 is 0 Å². The van der Waals surface area contributed by atoms with Crippen molar-refractivity contribution in [2.24, 2.45) is 0 Å². The minimum absolute atomic E-state index is 0.00707. The van der Waals surface area contributed by atoms with E-state index >= 15 is 0 Å². The van der Waals surface area contributed by atoms with Crippen molar-refractivity contribution in [1.82, 2.24) is 4.90 Å². The lowest BCUT2D eigenvalue weighted by molar-refractivity contribution is -0.152. The minimum atomic E-state index is -0.509. The first-order valence-electron chi connectivity index (χ1n) is 10.6. The summed E-state index contributed by atoms with van der Waals surface area (Å²) in [6.07, 6.45) is 0.430. The number of carbonyl (C=O) groups is 3. The van der Waals surface area contributed by atoms with Crippen LogP contribution < -0.4 is 9.64 Å². The minimum Gasteiger partial charge on any atom is -0.504 e. The second-order valence-corrected chi connectivity index (χ2v) is 7.76. The van der Waals surface area contributed by atoms with Crippen LogP contribution in [0.1, 0.15) is 29.3 Å². The Hall–Kier alpha value is -3.62. The highest BCUT2D eigenvalue weighted by Crippen LogP contribution is 2.26. The number of Topliss-reactive ketones (excluding diaryl/α,β-unsaturated/α-hetero) is 1. The Kier molecular flexibility index (Phi) is 7.87. The summed E-state index contributed by atoms with van der Waals surface area (Å²) < 4.78 is 24.4. The molecule has 1 amide bonds. The number of methoxy groups -OCH3 is 1. The predicted molar refractivity (Wildman–Crippen MR) is 119 cm³/mol. The average molecular weight is 458 g/mol. The molecule has 33 heavy (non-hydrogen) atoms. The van der Waals surface area contributed by atoms with Gasteiger partial charge in [-0.3, -0.25) is 14.4 Å². The molecular weight excluding hydrogens is 431 g/mol. The Morgan fingerprint density at radius 2 is 1.79 bits per heavy atom. The summed E-state index contributed by atoms with van der Waals surface area (Å²) in [5.41, 5.74) is 1.45. The molecule has 0 aliphatic carbocycles. The number of hydrogen-bond acceptors (Lipinski definition) is 7. The Balaban J connectivity index is 1.42. The van der Waals surface area contributed by atoms with E-state index in [0.29, 0.717) is 49.6 Å². The fourth-order valence-electron chi connectivity index (χ4n) is 3.62. The molecule has 0 aromatic heterocycles. The van der Waals surface area contributed by atoms with Crippen LogP contribution in [-0.4, -0.2) is 67.6 Å². The van der Waals surface area contributed by atoms with Gasteiger partial charge in [-0.15, -0.1) is 0 Å². The molecule has 0 unspecified atom stereocenters. The maximum Gasteiger partial charge on any atom is 0.306 e. The van der Waals surface area contributed by atoms with Crippen LogP contribution in [0, 0.1) is 5.82 Å². The number of halogens is 1. The van der Waals surface area contributed by atoms with E-state index in [1.165, 1.54) is 26.2 Å². The molecule has 0 spiro atoms. The lowest BCUT2D eigenvalue weighted by atomic mass is 10.1. The summed E-state index contributed by atoms with van der Waals surface area (Å²) in [7, 11) is 1.45. The lowest BCUT2D eigenvalue weighted by Gasteiger charge is -2.36. The molecule has 0 bridgehead atoms. The van der Waals surface area contributed by atoms with Gasteiger partial charge >= 0.3 is 5.97 Å². The molecule has 1 saturated heterocycles. The number of aryl methyl sites for hydroxylation is 1. The van der Waals surface area contributed by atoms with Gasteiger partial charge in [0.2, 0.25) is 0 Å². The molecule has 1 aliphatic heterocycles. The van der Waals surface area contributed by atoms with Crippen molar-refractivity contribution in [3.8, 4) is 11.5 Å². The van der Waals surface area contributed by atoms with Gasteiger partial charge in [-0.1, -0.05) is 6.07 Å². The highest BCUT2D eigenvalue weighted by Gasteiger charge is 2.24. The van der Waals surface area contributed by atoms with Gasteiger partial charge in [0, 0.05) is 38.2 Å². The number of ether oxygens (including phenoxy) is 2. The van der Waals surface area contributed by atoms with Crippen molar-refractivity contribution in [2.45, 2.75) is 19.8 Å². The molecule has 0 radical (unpaired) electrons. The number of esters is 1. The van der Waals surface area contributed by atoms with Crippen LogP contribution in [0.3, 0.4) is 0 Å². The molecule has 0 atom stereocenters. The fourth-order valence-corrected chi connectivity index (χ4v) is 3.62. The van der Waals surface area contributed by atoms with Crippen LogP contribution in [0.5, 0.6) is 11.5 Å². The molecule has 1 aliphatic rings. The van der Waals surface area contributed by atoms with Gasteiger partial charge in [-0.2, -0.15) is 0 Å². The first-order valence-corrected chi connectivity index (χ1v) is 10.6. The maximum atomic E-state index is 14.4. The van der Waals surface area contributed by atoms with Gasteiger partial charge in [0.1, 0.15) is 5.82 Å². The fraction of sp³-hybridized carbons (Fsp3) is 0.375. The number of piperazine rings is 1.